The van der Waals surface area contributed by atoms with Gasteiger partial charge in [0.15, 0.2) is 0 Å². The Morgan fingerprint density at radius 1 is 1.33 bits per heavy atom. The number of aryl methyl sites for hydroxylation is 1. The van der Waals surface area contributed by atoms with E-state index in [9.17, 15) is 0 Å². The van der Waals surface area contributed by atoms with Crippen molar-refractivity contribution in [2.45, 2.75) is 19.8 Å². The van der Waals surface area contributed by atoms with Crippen molar-refractivity contribution in [3.63, 3.8) is 0 Å². The van der Waals surface area contributed by atoms with E-state index in [2.05, 4.69) is 36.1 Å². The molecule has 0 radical (unpaired) electrons. The monoisotopic (exact) mass is 201 g/mol. The summed E-state index contributed by atoms with van der Waals surface area (Å²) in [5.74, 6) is 0.531. The Morgan fingerprint density at radius 2 is 2.13 bits per heavy atom. The summed E-state index contributed by atoms with van der Waals surface area (Å²) < 4.78 is 1.79. The van der Waals surface area contributed by atoms with Crippen molar-refractivity contribution in [2.24, 2.45) is 7.05 Å². The van der Waals surface area contributed by atoms with E-state index in [1.807, 2.05) is 25.6 Å². The van der Waals surface area contributed by atoms with Gasteiger partial charge < -0.3 is 0 Å². The summed E-state index contributed by atoms with van der Waals surface area (Å²) in [7, 11) is 1.91. The van der Waals surface area contributed by atoms with Crippen molar-refractivity contribution in [3.8, 4) is 11.3 Å². The molecule has 2 aromatic rings. The van der Waals surface area contributed by atoms with Gasteiger partial charge in [0, 0.05) is 25.0 Å². The predicted molar refractivity (Wildman–Crippen MR) is 60.5 cm³/mol. The van der Waals surface area contributed by atoms with Gasteiger partial charge in [-0.05, 0) is 23.6 Å². The maximum atomic E-state index is 4.35. The second-order valence-electron chi connectivity index (χ2n) is 4.03. The molecule has 0 amide bonds. The summed E-state index contributed by atoms with van der Waals surface area (Å²) in [6.07, 6.45) is 5.68. The molecule has 0 fully saturated rings. The lowest BCUT2D eigenvalue weighted by atomic mass is 10.0. The standard InChI is InChI=1S/C12H15N3/c1-9(2)10-4-5-13-12(6-10)11-7-14-15(3)8-11/h4-9H,1-3H3. The highest BCUT2D eigenvalue weighted by Crippen LogP contribution is 2.20. The van der Waals surface area contributed by atoms with Gasteiger partial charge in [0.25, 0.3) is 0 Å². The Kier molecular flexibility index (Phi) is 2.54. The molecule has 3 heteroatoms. The van der Waals surface area contributed by atoms with Crippen LogP contribution in [0.25, 0.3) is 11.3 Å². The van der Waals surface area contributed by atoms with Crippen LogP contribution in [0.3, 0.4) is 0 Å². The zero-order valence-electron chi connectivity index (χ0n) is 9.31. The Labute approximate surface area is 89.8 Å². The lowest BCUT2D eigenvalue weighted by molar-refractivity contribution is 0.768. The SMILES string of the molecule is CC(C)c1ccnc(-c2cnn(C)c2)c1. The van der Waals surface area contributed by atoms with E-state index in [0.29, 0.717) is 5.92 Å². The van der Waals surface area contributed by atoms with Crippen LogP contribution < -0.4 is 0 Å². The van der Waals surface area contributed by atoms with Crippen LogP contribution in [-0.2, 0) is 7.05 Å². The summed E-state index contributed by atoms with van der Waals surface area (Å²) in [5, 5.41) is 4.14. The molecule has 0 atom stereocenters. The van der Waals surface area contributed by atoms with Gasteiger partial charge in [0.2, 0.25) is 0 Å². The quantitative estimate of drug-likeness (QED) is 0.747. The number of hydrogen-bond donors (Lipinski definition) is 0. The molecule has 3 nitrogen and oxygen atoms in total. The van der Waals surface area contributed by atoms with Crippen molar-refractivity contribution in [1.82, 2.24) is 14.8 Å². The van der Waals surface area contributed by atoms with E-state index in [0.717, 1.165) is 11.3 Å². The number of hydrogen-bond acceptors (Lipinski definition) is 2. The fourth-order valence-electron chi connectivity index (χ4n) is 1.52. The van der Waals surface area contributed by atoms with Crippen LogP contribution in [0, 0.1) is 0 Å². The molecule has 78 valence electrons. The molecule has 0 aliphatic rings. The Hall–Kier alpha value is -1.64. The first-order valence-electron chi connectivity index (χ1n) is 5.12. The van der Waals surface area contributed by atoms with E-state index < -0.39 is 0 Å². The first-order valence-corrected chi connectivity index (χ1v) is 5.12. The highest BCUT2D eigenvalue weighted by molar-refractivity contribution is 5.57. The molecule has 0 bridgehead atoms. The molecule has 0 unspecified atom stereocenters. The van der Waals surface area contributed by atoms with Gasteiger partial charge in [-0.1, -0.05) is 13.8 Å². The Balaban J connectivity index is 2.41. The molecule has 2 aromatic heterocycles. The molecule has 2 rings (SSSR count). The molecule has 2 heterocycles. The minimum Gasteiger partial charge on any atom is -0.275 e. The van der Waals surface area contributed by atoms with Crippen molar-refractivity contribution >= 4 is 0 Å². The molecule has 0 spiro atoms. The third kappa shape index (κ3) is 2.06. The molecule has 0 saturated carbocycles. The van der Waals surface area contributed by atoms with Crippen molar-refractivity contribution in [3.05, 3.63) is 36.3 Å². The summed E-state index contributed by atoms with van der Waals surface area (Å²) >= 11 is 0. The van der Waals surface area contributed by atoms with E-state index in [-0.39, 0.29) is 0 Å². The van der Waals surface area contributed by atoms with Gasteiger partial charge in [-0.25, -0.2) is 0 Å². The molecule has 0 saturated heterocycles. The molecule has 0 N–H and O–H groups in total. The highest BCUT2D eigenvalue weighted by Gasteiger charge is 2.04. The van der Waals surface area contributed by atoms with Gasteiger partial charge in [0.1, 0.15) is 0 Å². The highest BCUT2D eigenvalue weighted by atomic mass is 15.2. The fraction of sp³-hybridized carbons (Fsp3) is 0.333. The largest absolute Gasteiger partial charge is 0.275 e. The minimum absolute atomic E-state index is 0.531. The molecular formula is C12H15N3. The second kappa shape index (κ2) is 3.85. The van der Waals surface area contributed by atoms with E-state index in [4.69, 9.17) is 0 Å². The van der Waals surface area contributed by atoms with Gasteiger partial charge in [0.05, 0.1) is 11.9 Å². The molecule has 0 aliphatic carbocycles. The van der Waals surface area contributed by atoms with Gasteiger partial charge in [-0.3, -0.25) is 9.67 Å². The first kappa shape index (κ1) is 9.90. The smallest absolute Gasteiger partial charge is 0.0736 e. The normalized spacial score (nSPS) is 10.9. The molecule has 15 heavy (non-hydrogen) atoms. The lowest BCUT2D eigenvalue weighted by Gasteiger charge is -2.05. The van der Waals surface area contributed by atoms with Crippen molar-refractivity contribution in [2.75, 3.05) is 0 Å². The van der Waals surface area contributed by atoms with Gasteiger partial charge in [-0.15, -0.1) is 0 Å². The number of nitrogens with zero attached hydrogens (tertiary/aromatic N) is 3. The van der Waals surface area contributed by atoms with E-state index >= 15 is 0 Å². The van der Waals surface area contributed by atoms with Crippen LogP contribution in [0.15, 0.2) is 30.7 Å². The van der Waals surface area contributed by atoms with Crippen LogP contribution in [0.4, 0.5) is 0 Å². The zero-order valence-corrected chi connectivity index (χ0v) is 9.31. The summed E-state index contributed by atoms with van der Waals surface area (Å²) in [4.78, 5) is 4.35. The van der Waals surface area contributed by atoms with Gasteiger partial charge >= 0.3 is 0 Å². The maximum absolute atomic E-state index is 4.35. The van der Waals surface area contributed by atoms with Crippen LogP contribution in [-0.4, -0.2) is 14.8 Å². The van der Waals surface area contributed by atoms with Crippen LogP contribution in [0.1, 0.15) is 25.3 Å². The summed E-state index contributed by atoms with van der Waals surface area (Å²) in [5.41, 5.74) is 3.37. The van der Waals surface area contributed by atoms with Crippen molar-refractivity contribution in [1.29, 1.82) is 0 Å². The predicted octanol–water partition coefficient (Wildman–Crippen LogP) is 2.61. The molecule has 0 aromatic carbocycles. The number of aromatic nitrogens is 3. The Bertz CT molecular complexity index is 457. The fourth-order valence-corrected chi connectivity index (χ4v) is 1.52. The molecule has 0 aliphatic heterocycles. The van der Waals surface area contributed by atoms with Crippen LogP contribution >= 0.6 is 0 Å². The topological polar surface area (TPSA) is 30.7 Å². The van der Waals surface area contributed by atoms with Crippen LogP contribution in [0.5, 0.6) is 0 Å². The third-order valence-corrected chi connectivity index (χ3v) is 2.45. The lowest BCUT2D eigenvalue weighted by Crippen LogP contribution is -1.90. The second-order valence-corrected chi connectivity index (χ2v) is 4.03. The molecular weight excluding hydrogens is 186 g/mol. The average Bonchev–Trinajstić information content (AvgIpc) is 2.65. The third-order valence-electron chi connectivity index (χ3n) is 2.45. The van der Waals surface area contributed by atoms with Crippen molar-refractivity contribution < 1.29 is 0 Å². The van der Waals surface area contributed by atoms with Crippen LogP contribution in [0.2, 0.25) is 0 Å². The van der Waals surface area contributed by atoms with Gasteiger partial charge in [-0.2, -0.15) is 5.10 Å². The summed E-state index contributed by atoms with van der Waals surface area (Å²) in [6, 6.07) is 4.19. The number of rotatable bonds is 2. The van der Waals surface area contributed by atoms with E-state index in [1.54, 1.807) is 4.68 Å². The number of pyridine rings is 1. The minimum atomic E-state index is 0.531. The Morgan fingerprint density at radius 3 is 2.73 bits per heavy atom. The first-order chi connectivity index (χ1) is 7.16. The maximum Gasteiger partial charge on any atom is 0.0736 e. The summed E-state index contributed by atoms with van der Waals surface area (Å²) in [6.45, 7) is 4.37. The van der Waals surface area contributed by atoms with E-state index in [1.165, 1.54) is 5.56 Å². The average molecular weight is 201 g/mol. The zero-order chi connectivity index (χ0) is 10.8.